The first-order valence-corrected chi connectivity index (χ1v) is 8.96. The summed E-state index contributed by atoms with van der Waals surface area (Å²) >= 11 is 0. The summed E-state index contributed by atoms with van der Waals surface area (Å²) in [5.74, 6) is -8.70. The van der Waals surface area contributed by atoms with Gasteiger partial charge in [0.2, 0.25) is 0 Å². The summed E-state index contributed by atoms with van der Waals surface area (Å²) in [5.41, 5.74) is -0.775. The highest BCUT2D eigenvalue weighted by Gasteiger charge is 2.72. The monoisotopic (exact) mass is 376 g/mol. The quantitative estimate of drug-likeness (QED) is 0.463. The molecule has 2 saturated carbocycles. The maximum absolute atomic E-state index is 14.0. The van der Waals surface area contributed by atoms with Crippen molar-refractivity contribution in [2.24, 2.45) is 23.2 Å². The molecule has 4 unspecified atom stereocenters. The van der Waals surface area contributed by atoms with Gasteiger partial charge >= 0.3 is 27.3 Å². The highest BCUT2D eigenvalue weighted by Crippen LogP contribution is 2.58. The van der Waals surface area contributed by atoms with E-state index in [0.29, 0.717) is 0 Å². The second kappa shape index (κ2) is 5.55. The van der Waals surface area contributed by atoms with Crippen molar-refractivity contribution in [3.05, 3.63) is 0 Å². The average Bonchev–Trinajstić information content (AvgIpc) is 2.95. The lowest BCUT2D eigenvalue weighted by Gasteiger charge is -2.36. The summed E-state index contributed by atoms with van der Waals surface area (Å²) in [6.45, 7) is 4.89. The zero-order valence-corrected chi connectivity index (χ0v) is 14.2. The molecule has 4 atom stereocenters. The Morgan fingerprint density at radius 2 is 1.58 bits per heavy atom. The molecule has 2 fully saturated rings. The van der Waals surface area contributed by atoms with Crippen LogP contribution in [-0.4, -0.2) is 36.2 Å². The molecule has 0 aromatic rings. The molecule has 10 heteroatoms. The number of rotatable bonds is 4. The van der Waals surface area contributed by atoms with E-state index in [2.05, 4.69) is 0 Å². The predicted octanol–water partition coefficient (Wildman–Crippen LogP) is 3.11. The van der Waals surface area contributed by atoms with Gasteiger partial charge in [-0.05, 0) is 51.9 Å². The molecule has 0 saturated heterocycles. The standard InChI is InChI=1S/C14H20F4O5S/c1-12(2,3)11(19)23-10-6-7-4-8(10)5-9(7)13(15,16)14(17,18)24(20,21)22/h7-10H,4-6H2,1-3H3,(H,20,21,22). The van der Waals surface area contributed by atoms with Crippen LogP contribution in [0.15, 0.2) is 0 Å². The summed E-state index contributed by atoms with van der Waals surface area (Å²) in [7, 11) is -6.23. The molecule has 2 rings (SSSR count). The molecule has 0 aliphatic heterocycles. The van der Waals surface area contributed by atoms with Crippen LogP contribution in [0, 0.1) is 23.2 Å². The van der Waals surface area contributed by atoms with Gasteiger partial charge in [0.15, 0.2) is 0 Å². The second-order valence-corrected chi connectivity index (χ2v) is 9.11. The first kappa shape index (κ1) is 19.4. The Hall–Kier alpha value is -0.900. The summed E-state index contributed by atoms with van der Waals surface area (Å²) in [6.07, 6.45) is -0.878. The first-order valence-electron chi connectivity index (χ1n) is 7.52. The van der Waals surface area contributed by atoms with Gasteiger partial charge in [-0.3, -0.25) is 9.35 Å². The van der Waals surface area contributed by atoms with Crippen molar-refractivity contribution in [1.29, 1.82) is 0 Å². The number of alkyl halides is 4. The van der Waals surface area contributed by atoms with Gasteiger partial charge in [-0.1, -0.05) is 0 Å². The van der Waals surface area contributed by atoms with E-state index in [1.54, 1.807) is 20.8 Å². The maximum atomic E-state index is 14.0. The molecule has 1 N–H and O–H groups in total. The Morgan fingerprint density at radius 3 is 1.96 bits per heavy atom. The van der Waals surface area contributed by atoms with Crippen LogP contribution < -0.4 is 0 Å². The smallest absolute Gasteiger partial charge is 0.431 e. The van der Waals surface area contributed by atoms with Crippen molar-refractivity contribution in [2.75, 3.05) is 0 Å². The van der Waals surface area contributed by atoms with Crippen LogP contribution >= 0.6 is 0 Å². The van der Waals surface area contributed by atoms with Crippen LogP contribution in [-0.2, 0) is 19.6 Å². The fraction of sp³-hybridized carbons (Fsp3) is 0.929. The Kier molecular flexibility index (Phi) is 4.49. The van der Waals surface area contributed by atoms with Gasteiger partial charge in [0.1, 0.15) is 6.10 Å². The molecular formula is C14H20F4O5S. The van der Waals surface area contributed by atoms with Crippen molar-refractivity contribution in [3.63, 3.8) is 0 Å². The lowest BCUT2D eigenvalue weighted by Crippen LogP contribution is -2.53. The van der Waals surface area contributed by atoms with Gasteiger partial charge < -0.3 is 4.74 Å². The minimum atomic E-state index is -6.23. The number of ether oxygens (including phenoxy) is 1. The average molecular weight is 376 g/mol. The van der Waals surface area contributed by atoms with E-state index in [4.69, 9.17) is 9.29 Å². The van der Waals surface area contributed by atoms with Crippen LogP contribution in [0.2, 0.25) is 0 Å². The van der Waals surface area contributed by atoms with E-state index in [1.165, 1.54) is 0 Å². The normalized spacial score (nSPS) is 31.3. The molecule has 0 aromatic carbocycles. The first-order chi connectivity index (χ1) is 10.6. The zero-order chi connectivity index (χ0) is 18.7. The second-order valence-electron chi connectivity index (χ2n) is 7.64. The van der Waals surface area contributed by atoms with Crippen LogP contribution in [0.4, 0.5) is 17.6 Å². The van der Waals surface area contributed by atoms with Crippen molar-refractivity contribution in [2.45, 2.75) is 57.3 Å². The summed E-state index contributed by atoms with van der Waals surface area (Å²) in [5, 5.41) is -5.55. The Labute approximate surface area is 137 Å². The van der Waals surface area contributed by atoms with E-state index in [1.807, 2.05) is 0 Å². The molecule has 140 valence electrons. The number of fused-ring (bicyclic) bond motifs is 2. The van der Waals surface area contributed by atoms with Crippen LogP contribution in [0.3, 0.4) is 0 Å². The third-order valence-electron chi connectivity index (χ3n) is 4.84. The number of carbonyl (C=O) groups is 1. The van der Waals surface area contributed by atoms with Gasteiger partial charge in [-0.15, -0.1) is 0 Å². The lowest BCUT2D eigenvalue weighted by molar-refractivity contribution is -0.207. The number of halogens is 4. The van der Waals surface area contributed by atoms with E-state index < -0.39 is 56.5 Å². The summed E-state index contributed by atoms with van der Waals surface area (Å²) < 4.78 is 90.0. The fourth-order valence-electron chi connectivity index (χ4n) is 3.51. The van der Waals surface area contributed by atoms with Crippen LogP contribution in [0.25, 0.3) is 0 Å². The minimum absolute atomic E-state index is 0.0195. The molecule has 5 nitrogen and oxygen atoms in total. The van der Waals surface area contributed by atoms with E-state index in [9.17, 15) is 30.8 Å². The number of hydrogen-bond acceptors (Lipinski definition) is 4. The van der Waals surface area contributed by atoms with Crippen molar-refractivity contribution < 1.29 is 40.1 Å². The topological polar surface area (TPSA) is 80.7 Å². The maximum Gasteiger partial charge on any atom is 0.431 e. The Morgan fingerprint density at radius 1 is 1.04 bits per heavy atom. The number of hydrogen-bond donors (Lipinski definition) is 1. The van der Waals surface area contributed by atoms with Crippen molar-refractivity contribution in [1.82, 2.24) is 0 Å². The SMILES string of the molecule is CC(C)(C)C(=O)OC1CC2CC1CC2C(F)(F)C(F)(F)S(=O)(=O)O. The molecule has 0 radical (unpaired) electrons. The number of carbonyl (C=O) groups excluding carboxylic acids is 1. The van der Waals surface area contributed by atoms with Crippen molar-refractivity contribution in [3.8, 4) is 0 Å². The highest BCUT2D eigenvalue weighted by atomic mass is 32.2. The third kappa shape index (κ3) is 3.02. The third-order valence-corrected chi connectivity index (χ3v) is 5.76. The van der Waals surface area contributed by atoms with Gasteiger partial charge in [0, 0.05) is 5.92 Å². The van der Waals surface area contributed by atoms with Crippen LogP contribution in [0.1, 0.15) is 40.0 Å². The molecule has 0 amide bonds. The Balaban J connectivity index is 2.12. The molecule has 0 heterocycles. The molecule has 0 spiro atoms. The molecule has 0 aromatic heterocycles. The van der Waals surface area contributed by atoms with Gasteiger partial charge in [0.25, 0.3) is 0 Å². The van der Waals surface area contributed by atoms with E-state index >= 15 is 0 Å². The van der Waals surface area contributed by atoms with Gasteiger partial charge in [-0.25, -0.2) is 0 Å². The molecule has 2 bridgehead atoms. The summed E-state index contributed by atoms with van der Waals surface area (Å²) in [4.78, 5) is 11.9. The molecular weight excluding hydrogens is 356 g/mol. The minimum Gasteiger partial charge on any atom is -0.462 e. The number of esters is 1. The van der Waals surface area contributed by atoms with Crippen molar-refractivity contribution >= 4 is 16.1 Å². The lowest BCUT2D eigenvalue weighted by atomic mass is 9.82. The van der Waals surface area contributed by atoms with E-state index in [0.717, 1.165) is 0 Å². The molecule has 2 aliphatic rings. The predicted molar refractivity (Wildman–Crippen MR) is 75.1 cm³/mol. The molecule has 24 heavy (non-hydrogen) atoms. The zero-order valence-electron chi connectivity index (χ0n) is 13.4. The van der Waals surface area contributed by atoms with Crippen LogP contribution in [0.5, 0.6) is 0 Å². The van der Waals surface area contributed by atoms with E-state index in [-0.39, 0.29) is 19.3 Å². The van der Waals surface area contributed by atoms with Gasteiger partial charge in [0.05, 0.1) is 5.41 Å². The largest absolute Gasteiger partial charge is 0.462 e. The highest BCUT2D eigenvalue weighted by molar-refractivity contribution is 7.87. The molecule has 2 aliphatic carbocycles. The fourth-order valence-corrected chi connectivity index (χ4v) is 4.01. The van der Waals surface area contributed by atoms with Gasteiger partial charge in [-0.2, -0.15) is 26.0 Å². The summed E-state index contributed by atoms with van der Waals surface area (Å²) in [6, 6.07) is 0. The Bertz CT molecular complexity index is 626.